The summed E-state index contributed by atoms with van der Waals surface area (Å²) >= 11 is 0. The van der Waals surface area contributed by atoms with Crippen LogP contribution in [0.15, 0.2) is 40.5 Å². The molecule has 0 spiro atoms. The zero-order valence-electron chi connectivity index (χ0n) is 11.5. The molecule has 1 aromatic carbocycles. The molecule has 1 aromatic rings. The maximum absolute atomic E-state index is 9.23. The van der Waals surface area contributed by atoms with Crippen molar-refractivity contribution in [1.82, 2.24) is 5.32 Å². The van der Waals surface area contributed by atoms with E-state index in [1.165, 1.54) is 0 Å². The summed E-state index contributed by atoms with van der Waals surface area (Å²) in [7, 11) is 0. The van der Waals surface area contributed by atoms with Crippen LogP contribution in [0.3, 0.4) is 0 Å². The van der Waals surface area contributed by atoms with E-state index in [9.17, 15) is 5.11 Å². The Morgan fingerprint density at radius 1 is 1.32 bits per heavy atom. The van der Waals surface area contributed by atoms with Gasteiger partial charge in [0, 0.05) is 18.9 Å². The number of aliphatic hydroxyl groups is 1. The van der Waals surface area contributed by atoms with Gasteiger partial charge in [0.25, 0.3) is 0 Å². The Hall–Kier alpha value is -1.68. The van der Waals surface area contributed by atoms with Gasteiger partial charge >= 0.3 is 0 Å². The largest absolute Gasteiger partial charge is 0.393 e. The summed E-state index contributed by atoms with van der Waals surface area (Å²) in [5, 5.41) is 21.1. The van der Waals surface area contributed by atoms with Gasteiger partial charge in [-0.1, -0.05) is 37.3 Å². The second kappa shape index (κ2) is 6.48. The number of benzene rings is 1. The first-order valence-corrected chi connectivity index (χ1v) is 6.78. The molecular formula is C15H21N3O. The average Bonchev–Trinajstić information content (AvgIpc) is 2.41. The van der Waals surface area contributed by atoms with Gasteiger partial charge in [-0.2, -0.15) is 5.10 Å². The summed E-state index contributed by atoms with van der Waals surface area (Å²) in [6.45, 7) is 4.67. The normalized spacial score (nSPS) is 20.5. The molecule has 4 heteroatoms. The van der Waals surface area contributed by atoms with Crippen molar-refractivity contribution < 1.29 is 5.11 Å². The molecule has 19 heavy (non-hydrogen) atoms. The zero-order chi connectivity index (χ0) is 13.7. The Balaban J connectivity index is 2.00. The third-order valence-corrected chi connectivity index (χ3v) is 3.22. The predicted octanol–water partition coefficient (Wildman–Crippen LogP) is 2.19. The quantitative estimate of drug-likeness (QED) is 0.871. The third kappa shape index (κ3) is 3.89. The molecule has 0 amide bonds. The van der Waals surface area contributed by atoms with E-state index in [1.807, 2.05) is 18.2 Å². The van der Waals surface area contributed by atoms with Crippen LogP contribution in [0.1, 0.15) is 32.3 Å². The molecule has 0 fully saturated rings. The van der Waals surface area contributed by atoms with E-state index < -0.39 is 0 Å². The summed E-state index contributed by atoms with van der Waals surface area (Å²) < 4.78 is 0. The fourth-order valence-corrected chi connectivity index (χ4v) is 2.07. The number of amidine groups is 1. The van der Waals surface area contributed by atoms with Crippen LogP contribution in [0.4, 0.5) is 0 Å². The lowest BCUT2D eigenvalue weighted by molar-refractivity contribution is 0.185. The van der Waals surface area contributed by atoms with Gasteiger partial charge in [-0.15, -0.1) is 5.10 Å². The van der Waals surface area contributed by atoms with Crippen LogP contribution in [0, 0.1) is 5.92 Å². The second-order valence-corrected chi connectivity index (χ2v) is 5.07. The van der Waals surface area contributed by atoms with E-state index in [0.29, 0.717) is 5.92 Å². The van der Waals surface area contributed by atoms with Crippen LogP contribution in [-0.4, -0.2) is 29.3 Å². The van der Waals surface area contributed by atoms with Gasteiger partial charge < -0.3 is 10.4 Å². The molecule has 1 aliphatic rings. The van der Waals surface area contributed by atoms with Crippen LogP contribution < -0.4 is 5.32 Å². The molecule has 2 unspecified atom stereocenters. The van der Waals surface area contributed by atoms with Gasteiger partial charge in [0.2, 0.25) is 0 Å². The molecule has 0 saturated carbocycles. The summed E-state index contributed by atoms with van der Waals surface area (Å²) in [6.07, 6.45) is 1.33. The van der Waals surface area contributed by atoms with E-state index in [4.69, 9.17) is 0 Å². The molecule has 2 atom stereocenters. The first kappa shape index (κ1) is 13.7. The lowest BCUT2D eigenvalue weighted by Gasteiger charge is -2.20. The van der Waals surface area contributed by atoms with E-state index >= 15 is 0 Å². The lowest BCUT2D eigenvalue weighted by Crippen LogP contribution is -2.34. The van der Waals surface area contributed by atoms with Gasteiger partial charge in [-0.25, -0.2) is 0 Å². The number of aliphatic hydroxyl groups excluding tert-OH is 1. The predicted molar refractivity (Wildman–Crippen MR) is 78.5 cm³/mol. The van der Waals surface area contributed by atoms with Gasteiger partial charge in [0.05, 0.1) is 11.8 Å². The van der Waals surface area contributed by atoms with Crippen LogP contribution in [0.25, 0.3) is 0 Å². The fourth-order valence-electron chi connectivity index (χ4n) is 2.07. The number of nitrogens with one attached hydrogen (secondary N) is 1. The van der Waals surface area contributed by atoms with Gasteiger partial charge in [0.1, 0.15) is 5.84 Å². The standard InChI is InChI=1S/C15H21N3O/c1-11-10-14(13-6-4-3-5-7-13)17-18-15(11)16-9-8-12(2)19/h3-7,11-12,19H,8-10H2,1-2H3,(H,16,18). The van der Waals surface area contributed by atoms with Gasteiger partial charge in [-0.3, -0.25) is 0 Å². The topological polar surface area (TPSA) is 57.0 Å². The van der Waals surface area contributed by atoms with Crippen molar-refractivity contribution >= 4 is 11.5 Å². The van der Waals surface area contributed by atoms with Crippen molar-refractivity contribution in [3.63, 3.8) is 0 Å². The minimum Gasteiger partial charge on any atom is -0.393 e. The van der Waals surface area contributed by atoms with Crippen molar-refractivity contribution in [2.75, 3.05) is 6.54 Å². The van der Waals surface area contributed by atoms with Crippen LogP contribution in [-0.2, 0) is 0 Å². The van der Waals surface area contributed by atoms with Crippen molar-refractivity contribution in [3.05, 3.63) is 35.9 Å². The Labute approximate surface area is 114 Å². The molecule has 2 N–H and O–H groups in total. The lowest BCUT2D eigenvalue weighted by atomic mass is 9.97. The summed E-state index contributed by atoms with van der Waals surface area (Å²) in [6, 6.07) is 10.2. The summed E-state index contributed by atoms with van der Waals surface area (Å²) in [4.78, 5) is 0. The van der Waals surface area contributed by atoms with Crippen molar-refractivity contribution in [2.24, 2.45) is 16.1 Å². The smallest absolute Gasteiger partial charge is 0.128 e. The highest BCUT2D eigenvalue weighted by Gasteiger charge is 2.19. The van der Waals surface area contributed by atoms with E-state index in [-0.39, 0.29) is 6.10 Å². The minimum absolute atomic E-state index is 0.282. The fraction of sp³-hybridized carbons (Fsp3) is 0.467. The molecule has 4 nitrogen and oxygen atoms in total. The Morgan fingerprint density at radius 3 is 2.68 bits per heavy atom. The van der Waals surface area contributed by atoms with Crippen LogP contribution >= 0.6 is 0 Å². The minimum atomic E-state index is -0.282. The van der Waals surface area contributed by atoms with E-state index in [2.05, 4.69) is 34.6 Å². The van der Waals surface area contributed by atoms with E-state index in [0.717, 1.165) is 36.5 Å². The molecule has 0 saturated heterocycles. The Bertz CT molecular complexity index is 466. The molecule has 102 valence electrons. The number of hydrogen-bond donors (Lipinski definition) is 2. The first-order valence-electron chi connectivity index (χ1n) is 6.78. The molecule has 2 rings (SSSR count). The van der Waals surface area contributed by atoms with Crippen molar-refractivity contribution in [1.29, 1.82) is 0 Å². The molecule has 0 radical (unpaired) electrons. The number of nitrogens with zero attached hydrogens (tertiary/aromatic N) is 2. The maximum atomic E-state index is 9.23. The molecule has 1 heterocycles. The van der Waals surface area contributed by atoms with Crippen LogP contribution in [0.5, 0.6) is 0 Å². The summed E-state index contributed by atoms with van der Waals surface area (Å²) in [5.41, 5.74) is 2.18. The van der Waals surface area contributed by atoms with Crippen molar-refractivity contribution in [3.8, 4) is 0 Å². The number of rotatable bonds is 4. The SMILES string of the molecule is CC(O)CCNC1=NN=C(c2ccccc2)CC1C. The van der Waals surface area contributed by atoms with Crippen molar-refractivity contribution in [2.45, 2.75) is 32.8 Å². The maximum Gasteiger partial charge on any atom is 0.128 e. The third-order valence-electron chi connectivity index (χ3n) is 3.22. The van der Waals surface area contributed by atoms with E-state index in [1.54, 1.807) is 6.92 Å². The molecule has 1 aliphatic heterocycles. The molecule has 0 aliphatic carbocycles. The molecule has 0 aromatic heterocycles. The zero-order valence-corrected chi connectivity index (χ0v) is 11.5. The monoisotopic (exact) mass is 259 g/mol. The summed E-state index contributed by atoms with van der Waals surface area (Å²) in [5.74, 6) is 1.25. The molecule has 0 bridgehead atoms. The van der Waals surface area contributed by atoms with Crippen LogP contribution in [0.2, 0.25) is 0 Å². The highest BCUT2D eigenvalue weighted by Crippen LogP contribution is 2.16. The molecular weight excluding hydrogens is 238 g/mol. The highest BCUT2D eigenvalue weighted by atomic mass is 16.3. The first-order chi connectivity index (χ1) is 9.16. The second-order valence-electron chi connectivity index (χ2n) is 5.07. The Morgan fingerprint density at radius 2 is 2.05 bits per heavy atom. The highest BCUT2D eigenvalue weighted by molar-refractivity contribution is 6.04. The van der Waals surface area contributed by atoms with Gasteiger partial charge in [-0.05, 0) is 18.9 Å². The average molecular weight is 259 g/mol. The number of hydrogen-bond acceptors (Lipinski definition) is 4. The van der Waals surface area contributed by atoms with Gasteiger partial charge in [0.15, 0.2) is 0 Å². The Kier molecular flexibility index (Phi) is 4.68.